The van der Waals surface area contributed by atoms with Crippen LogP contribution in [-0.2, 0) is 0 Å². The smallest absolute Gasteiger partial charge is 0.288 e. The molecule has 1 aromatic rings. The van der Waals surface area contributed by atoms with Gasteiger partial charge in [0, 0.05) is 6.07 Å². The number of nitro benzene ring substituents is 1. The fourth-order valence-electron chi connectivity index (χ4n) is 1.25. The van der Waals surface area contributed by atoms with E-state index in [1.165, 1.54) is 13.2 Å². The van der Waals surface area contributed by atoms with Crippen molar-refractivity contribution in [1.82, 2.24) is 4.90 Å². The van der Waals surface area contributed by atoms with Crippen LogP contribution in [0.25, 0.3) is 0 Å². The Morgan fingerprint density at radius 3 is 2.71 bits per heavy atom. The highest BCUT2D eigenvalue weighted by molar-refractivity contribution is 5.58. The second kappa shape index (κ2) is 5.87. The van der Waals surface area contributed by atoms with Crippen LogP contribution in [0.5, 0.6) is 5.75 Å². The van der Waals surface area contributed by atoms with E-state index in [1.54, 1.807) is 12.1 Å². The van der Waals surface area contributed by atoms with Gasteiger partial charge in [-0.1, -0.05) is 17.9 Å². The molecular weight excluding hydrogens is 220 g/mol. The Labute approximate surface area is 100 Å². The molecule has 0 amide bonds. The lowest BCUT2D eigenvalue weighted by Crippen LogP contribution is -2.10. The van der Waals surface area contributed by atoms with Gasteiger partial charge in [-0.2, -0.15) is 0 Å². The van der Waals surface area contributed by atoms with Crippen molar-refractivity contribution >= 4 is 5.69 Å². The van der Waals surface area contributed by atoms with E-state index in [9.17, 15) is 10.1 Å². The summed E-state index contributed by atoms with van der Waals surface area (Å²) in [4.78, 5) is 12.3. The van der Waals surface area contributed by atoms with E-state index in [0.29, 0.717) is 17.9 Å². The van der Waals surface area contributed by atoms with Gasteiger partial charge in [0.15, 0.2) is 0 Å². The van der Waals surface area contributed by atoms with E-state index in [4.69, 9.17) is 4.74 Å². The molecule has 0 aliphatic heterocycles. The van der Waals surface area contributed by atoms with Gasteiger partial charge in [-0.25, -0.2) is 0 Å². The van der Waals surface area contributed by atoms with Crippen molar-refractivity contribution in [2.24, 2.45) is 0 Å². The second-order valence-electron chi connectivity index (χ2n) is 3.65. The molecule has 0 saturated carbocycles. The third-order valence-electron chi connectivity index (χ3n) is 2.03. The Hall–Kier alpha value is -2.06. The van der Waals surface area contributed by atoms with Crippen LogP contribution in [0.3, 0.4) is 0 Å². The molecule has 0 heterocycles. The van der Waals surface area contributed by atoms with Crippen molar-refractivity contribution in [3.05, 3.63) is 33.9 Å². The minimum atomic E-state index is -0.456. The predicted octanol–water partition coefficient (Wildman–Crippen LogP) is 1.52. The number of hydrogen-bond donors (Lipinski definition) is 0. The number of benzene rings is 1. The van der Waals surface area contributed by atoms with Crippen LogP contribution in [-0.4, -0.2) is 37.6 Å². The summed E-state index contributed by atoms with van der Waals surface area (Å²) >= 11 is 0. The maximum absolute atomic E-state index is 10.9. The number of ether oxygens (including phenoxy) is 1. The Morgan fingerprint density at radius 1 is 1.47 bits per heavy atom. The summed E-state index contributed by atoms with van der Waals surface area (Å²) in [6.07, 6.45) is 0. The van der Waals surface area contributed by atoms with Crippen molar-refractivity contribution < 1.29 is 9.66 Å². The van der Waals surface area contributed by atoms with Crippen molar-refractivity contribution in [3.8, 4) is 17.6 Å². The quantitative estimate of drug-likeness (QED) is 0.452. The number of hydrogen-bond acceptors (Lipinski definition) is 4. The number of nitrogens with zero attached hydrogens (tertiary/aromatic N) is 2. The molecule has 0 bridgehead atoms. The van der Waals surface area contributed by atoms with Crippen molar-refractivity contribution in [1.29, 1.82) is 0 Å². The fourth-order valence-corrected chi connectivity index (χ4v) is 1.25. The molecule has 1 rings (SSSR count). The highest BCUT2D eigenvalue weighted by Crippen LogP contribution is 2.26. The van der Waals surface area contributed by atoms with E-state index < -0.39 is 4.92 Å². The molecule has 0 radical (unpaired) electrons. The molecule has 0 saturated heterocycles. The predicted molar refractivity (Wildman–Crippen MR) is 65.1 cm³/mol. The van der Waals surface area contributed by atoms with E-state index >= 15 is 0 Å². The Bertz CT molecular complexity index is 472. The van der Waals surface area contributed by atoms with Gasteiger partial charge in [0.1, 0.15) is 11.3 Å². The number of nitro groups is 1. The van der Waals surface area contributed by atoms with Crippen molar-refractivity contribution in [3.63, 3.8) is 0 Å². The first-order chi connectivity index (χ1) is 8.06. The molecule has 90 valence electrons. The van der Waals surface area contributed by atoms with Gasteiger partial charge in [0.25, 0.3) is 5.69 Å². The SMILES string of the molecule is COc1cccc([N+](=O)[O-])c1C#CCN(C)C. The first-order valence-corrected chi connectivity index (χ1v) is 5.01. The maximum Gasteiger partial charge on any atom is 0.288 e. The molecular formula is C12H14N2O3. The third kappa shape index (κ3) is 3.47. The van der Waals surface area contributed by atoms with Crippen LogP contribution in [0.2, 0.25) is 0 Å². The molecule has 17 heavy (non-hydrogen) atoms. The second-order valence-corrected chi connectivity index (χ2v) is 3.65. The Morgan fingerprint density at radius 2 is 2.18 bits per heavy atom. The van der Waals surface area contributed by atoms with Crippen LogP contribution in [0, 0.1) is 22.0 Å². The largest absolute Gasteiger partial charge is 0.495 e. The van der Waals surface area contributed by atoms with Crippen molar-refractivity contribution in [2.45, 2.75) is 0 Å². The summed E-state index contributed by atoms with van der Waals surface area (Å²) < 4.78 is 5.07. The zero-order valence-electron chi connectivity index (χ0n) is 10.1. The van der Waals surface area contributed by atoms with Crippen LogP contribution in [0.1, 0.15) is 5.56 Å². The molecule has 0 aromatic heterocycles. The normalized spacial score (nSPS) is 9.65. The average molecular weight is 234 g/mol. The lowest BCUT2D eigenvalue weighted by atomic mass is 10.1. The van der Waals surface area contributed by atoms with Gasteiger partial charge in [-0.05, 0) is 20.2 Å². The van der Waals surface area contributed by atoms with Crippen molar-refractivity contribution in [2.75, 3.05) is 27.7 Å². The Kier molecular flexibility index (Phi) is 4.49. The highest BCUT2D eigenvalue weighted by Gasteiger charge is 2.15. The summed E-state index contributed by atoms with van der Waals surface area (Å²) in [5.41, 5.74) is 0.289. The molecule has 0 fully saturated rings. The van der Waals surface area contributed by atoms with Gasteiger partial charge in [0.2, 0.25) is 0 Å². The van der Waals surface area contributed by atoms with Gasteiger partial charge in [-0.15, -0.1) is 0 Å². The van der Waals surface area contributed by atoms with E-state index in [0.717, 1.165) is 0 Å². The van der Waals surface area contributed by atoms with Gasteiger partial charge < -0.3 is 4.74 Å². The average Bonchev–Trinajstić information content (AvgIpc) is 2.28. The molecule has 1 aromatic carbocycles. The summed E-state index contributed by atoms with van der Waals surface area (Å²) in [5.74, 6) is 6.07. The Balaban J connectivity index is 3.16. The minimum absolute atomic E-state index is 0.0318. The van der Waals surface area contributed by atoms with E-state index in [-0.39, 0.29) is 5.69 Å². The lowest BCUT2D eigenvalue weighted by Gasteiger charge is -2.04. The number of methoxy groups -OCH3 is 1. The standard InChI is InChI=1S/C12H14N2O3/c1-13(2)9-5-6-10-11(14(15)16)7-4-8-12(10)17-3/h4,7-8H,9H2,1-3H3. The van der Waals surface area contributed by atoms with Crippen LogP contribution < -0.4 is 4.74 Å². The van der Waals surface area contributed by atoms with Gasteiger partial charge in [0.05, 0.1) is 18.6 Å². The van der Waals surface area contributed by atoms with Crippen LogP contribution in [0.15, 0.2) is 18.2 Å². The summed E-state index contributed by atoms with van der Waals surface area (Å²) in [6, 6.07) is 4.66. The molecule has 5 heteroatoms. The molecule has 0 N–H and O–H groups in total. The molecule has 0 spiro atoms. The van der Waals surface area contributed by atoms with Crippen LogP contribution in [0.4, 0.5) is 5.69 Å². The molecule has 0 aliphatic rings. The fraction of sp³-hybridized carbons (Fsp3) is 0.333. The molecule has 0 atom stereocenters. The molecule has 0 aliphatic carbocycles. The summed E-state index contributed by atoms with van der Waals surface area (Å²) in [5, 5.41) is 10.9. The summed E-state index contributed by atoms with van der Waals surface area (Å²) in [6.45, 7) is 0.537. The molecule has 0 unspecified atom stereocenters. The first kappa shape index (κ1) is 13.0. The maximum atomic E-state index is 10.9. The molecule has 5 nitrogen and oxygen atoms in total. The van der Waals surface area contributed by atoms with Crippen LogP contribution >= 0.6 is 0 Å². The zero-order valence-corrected chi connectivity index (χ0v) is 10.1. The van der Waals surface area contributed by atoms with Gasteiger partial charge in [-0.3, -0.25) is 15.0 Å². The van der Waals surface area contributed by atoms with Gasteiger partial charge >= 0.3 is 0 Å². The topological polar surface area (TPSA) is 55.6 Å². The van der Waals surface area contributed by atoms with E-state index in [1.807, 2.05) is 19.0 Å². The monoisotopic (exact) mass is 234 g/mol. The first-order valence-electron chi connectivity index (χ1n) is 5.01. The highest BCUT2D eigenvalue weighted by atomic mass is 16.6. The third-order valence-corrected chi connectivity index (χ3v) is 2.03. The van der Waals surface area contributed by atoms with E-state index in [2.05, 4.69) is 11.8 Å². The lowest BCUT2D eigenvalue weighted by molar-refractivity contribution is -0.385. The zero-order chi connectivity index (χ0) is 12.8. The summed E-state index contributed by atoms with van der Waals surface area (Å²) in [7, 11) is 5.23. The number of rotatable bonds is 3. The minimum Gasteiger partial charge on any atom is -0.495 e.